The Balaban J connectivity index is 2.41. The van der Waals surface area contributed by atoms with Crippen LogP contribution in [0.15, 0.2) is 42.5 Å². The van der Waals surface area contributed by atoms with Gasteiger partial charge < -0.3 is 4.79 Å². The highest BCUT2D eigenvalue weighted by Crippen LogP contribution is 2.37. The molecule has 0 aromatic heterocycles. The first-order valence-electron chi connectivity index (χ1n) is 7.95. The Bertz CT molecular complexity index is 536. The van der Waals surface area contributed by atoms with Crippen molar-refractivity contribution in [2.45, 2.75) is 58.2 Å². The van der Waals surface area contributed by atoms with Gasteiger partial charge >= 0.3 is 0 Å². The van der Waals surface area contributed by atoms with Crippen LogP contribution in [0.5, 0.6) is 0 Å². The van der Waals surface area contributed by atoms with Crippen molar-refractivity contribution < 1.29 is 9.59 Å². The number of benzene rings is 1. The van der Waals surface area contributed by atoms with Gasteiger partial charge in [0.1, 0.15) is 13.5 Å². The number of carbonyl (C=O) groups excluding carboxylic acids is 2. The molecule has 0 aliphatic carbocycles. The fraction of sp³-hybridized carbons (Fsp3) is 0.474. The molecule has 0 atom stereocenters. The van der Waals surface area contributed by atoms with Crippen LogP contribution in [0.2, 0.25) is 18.1 Å². The monoisotopic (exact) mass is 316 g/mol. The minimum atomic E-state index is -1.87. The van der Waals surface area contributed by atoms with Crippen molar-refractivity contribution >= 4 is 19.3 Å². The van der Waals surface area contributed by atoms with Crippen molar-refractivity contribution in [3.05, 3.63) is 48.0 Å². The molecule has 0 aliphatic heterocycles. The van der Waals surface area contributed by atoms with Crippen LogP contribution >= 0.6 is 0 Å². The summed E-state index contributed by atoms with van der Waals surface area (Å²) in [5.41, 5.74) is 0.705. The maximum atomic E-state index is 12.4. The van der Waals surface area contributed by atoms with Crippen LogP contribution in [-0.4, -0.2) is 19.3 Å². The predicted octanol–water partition coefficient (Wildman–Crippen LogP) is 5.21. The zero-order chi connectivity index (χ0) is 16.8. The van der Waals surface area contributed by atoms with Crippen molar-refractivity contribution in [2.75, 3.05) is 0 Å². The maximum absolute atomic E-state index is 12.4. The second-order valence-electron chi connectivity index (χ2n) is 7.32. The van der Waals surface area contributed by atoms with Gasteiger partial charge in [0.2, 0.25) is 0 Å². The molecule has 0 N–H and O–H groups in total. The summed E-state index contributed by atoms with van der Waals surface area (Å²) < 4.78 is 0. The SMILES string of the molecule is CC(C)(C)[Si](C)(C)C(=O)CCC/C=C/C(=O)c1ccccc1. The van der Waals surface area contributed by atoms with Crippen LogP contribution in [0.3, 0.4) is 0 Å². The lowest BCUT2D eigenvalue weighted by Crippen LogP contribution is -2.46. The lowest BCUT2D eigenvalue weighted by Gasteiger charge is -2.35. The molecule has 0 radical (unpaired) electrons. The fourth-order valence-electron chi connectivity index (χ4n) is 2.00. The minimum absolute atomic E-state index is 0.0244. The standard InChI is InChI=1S/C19H28O2Si/c1-19(2,3)22(4,5)18(21)15-11-7-10-14-17(20)16-12-8-6-9-13-16/h6,8-10,12-14H,7,11,15H2,1-5H3/b14-10+. The topological polar surface area (TPSA) is 34.1 Å². The highest BCUT2D eigenvalue weighted by molar-refractivity contribution is 7.06. The van der Waals surface area contributed by atoms with Gasteiger partial charge in [0.05, 0.1) is 0 Å². The number of carbonyl (C=O) groups is 2. The van der Waals surface area contributed by atoms with E-state index in [-0.39, 0.29) is 10.8 Å². The third kappa shape index (κ3) is 5.06. The Labute approximate surface area is 135 Å². The Morgan fingerprint density at radius 2 is 1.68 bits per heavy atom. The summed E-state index contributed by atoms with van der Waals surface area (Å²) in [7, 11) is -1.87. The van der Waals surface area contributed by atoms with E-state index in [0.717, 1.165) is 12.8 Å². The predicted molar refractivity (Wildman–Crippen MR) is 96.0 cm³/mol. The van der Waals surface area contributed by atoms with E-state index in [4.69, 9.17) is 0 Å². The molecule has 1 aromatic carbocycles. The zero-order valence-electron chi connectivity index (χ0n) is 14.5. The van der Waals surface area contributed by atoms with Crippen molar-refractivity contribution in [3.8, 4) is 0 Å². The average Bonchev–Trinajstić information content (AvgIpc) is 2.46. The Morgan fingerprint density at radius 1 is 1.09 bits per heavy atom. The van der Waals surface area contributed by atoms with E-state index in [9.17, 15) is 9.59 Å². The molecule has 3 heteroatoms. The van der Waals surface area contributed by atoms with Gasteiger partial charge in [0.15, 0.2) is 5.78 Å². The molecule has 22 heavy (non-hydrogen) atoms. The normalized spacial score (nSPS) is 12.6. The van der Waals surface area contributed by atoms with Crippen molar-refractivity contribution in [1.29, 1.82) is 0 Å². The Kier molecular flexibility index (Phi) is 6.48. The highest BCUT2D eigenvalue weighted by atomic mass is 28.3. The molecule has 0 amide bonds. The largest absolute Gasteiger partial charge is 0.305 e. The van der Waals surface area contributed by atoms with E-state index in [2.05, 4.69) is 33.9 Å². The molecule has 0 saturated heterocycles. The summed E-state index contributed by atoms with van der Waals surface area (Å²) in [6, 6.07) is 9.24. The smallest absolute Gasteiger partial charge is 0.185 e. The molecule has 0 saturated carbocycles. The van der Waals surface area contributed by atoms with Gasteiger partial charge in [-0.25, -0.2) is 0 Å². The van der Waals surface area contributed by atoms with E-state index in [1.54, 1.807) is 6.08 Å². The van der Waals surface area contributed by atoms with Gasteiger partial charge in [0, 0.05) is 12.0 Å². The van der Waals surface area contributed by atoms with E-state index in [1.807, 2.05) is 36.4 Å². The van der Waals surface area contributed by atoms with Crippen LogP contribution in [-0.2, 0) is 4.79 Å². The number of unbranched alkanes of at least 4 members (excludes halogenated alkanes) is 1. The van der Waals surface area contributed by atoms with Crippen LogP contribution in [0.4, 0.5) is 0 Å². The van der Waals surface area contributed by atoms with Crippen molar-refractivity contribution in [1.82, 2.24) is 0 Å². The van der Waals surface area contributed by atoms with Crippen molar-refractivity contribution in [3.63, 3.8) is 0 Å². The summed E-state index contributed by atoms with van der Waals surface area (Å²) in [4.78, 5) is 24.3. The van der Waals surface area contributed by atoms with Gasteiger partial charge in [-0.3, -0.25) is 4.79 Å². The Hall–Kier alpha value is -1.48. The van der Waals surface area contributed by atoms with Gasteiger partial charge in [-0.1, -0.05) is 70.3 Å². The average molecular weight is 317 g/mol. The molecule has 0 fully saturated rings. The first-order valence-corrected chi connectivity index (χ1v) is 11.0. The molecule has 1 rings (SSSR count). The van der Waals surface area contributed by atoms with Crippen LogP contribution in [0.25, 0.3) is 0 Å². The van der Waals surface area contributed by atoms with Gasteiger partial charge in [-0.15, -0.1) is 0 Å². The van der Waals surface area contributed by atoms with E-state index in [1.165, 1.54) is 0 Å². The molecule has 2 nitrogen and oxygen atoms in total. The number of hydrogen-bond donors (Lipinski definition) is 0. The summed E-state index contributed by atoms with van der Waals surface area (Å²) >= 11 is 0. The minimum Gasteiger partial charge on any atom is -0.305 e. The molecule has 120 valence electrons. The van der Waals surface area contributed by atoms with E-state index < -0.39 is 8.07 Å². The molecular formula is C19H28O2Si. The van der Waals surface area contributed by atoms with Gasteiger partial charge in [-0.2, -0.15) is 0 Å². The molecule has 0 bridgehead atoms. The Morgan fingerprint density at radius 3 is 2.23 bits per heavy atom. The molecule has 0 heterocycles. The molecular weight excluding hydrogens is 288 g/mol. The molecule has 0 spiro atoms. The summed E-state index contributed by atoms with van der Waals surface area (Å²) in [5, 5.41) is 0.534. The number of ketones is 1. The zero-order valence-corrected chi connectivity index (χ0v) is 15.5. The van der Waals surface area contributed by atoms with E-state index in [0.29, 0.717) is 17.4 Å². The maximum Gasteiger partial charge on any atom is 0.185 e. The lowest BCUT2D eigenvalue weighted by atomic mass is 10.1. The molecule has 0 unspecified atom stereocenters. The van der Waals surface area contributed by atoms with Crippen molar-refractivity contribution in [2.24, 2.45) is 0 Å². The first-order chi connectivity index (χ1) is 10.2. The third-order valence-electron chi connectivity index (χ3n) is 4.67. The van der Waals surface area contributed by atoms with Crippen LogP contribution in [0.1, 0.15) is 50.4 Å². The number of hydrogen-bond acceptors (Lipinski definition) is 2. The first kappa shape index (κ1) is 18.6. The highest BCUT2D eigenvalue weighted by Gasteiger charge is 2.41. The summed E-state index contributed by atoms with van der Waals surface area (Å²) in [6.07, 6.45) is 5.73. The second kappa shape index (κ2) is 7.68. The summed E-state index contributed by atoms with van der Waals surface area (Å²) in [6.45, 7) is 10.8. The molecule has 1 aromatic rings. The molecule has 0 aliphatic rings. The van der Waals surface area contributed by atoms with Crippen LogP contribution < -0.4 is 0 Å². The second-order valence-corrected chi connectivity index (χ2v) is 12.6. The fourth-order valence-corrected chi connectivity index (χ4v) is 3.64. The third-order valence-corrected chi connectivity index (χ3v) is 10.1. The van der Waals surface area contributed by atoms with Crippen LogP contribution in [0, 0.1) is 0 Å². The number of allylic oxidation sites excluding steroid dienone is 2. The van der Waals surface area contributed by atoms with Gasteiger partial charge in [0.25, 0.3) is 0 Å². The lowest BCUT2D eigenvalue weighted by molar-refractivity contribution is -0.113. The quantitative estimate of drug-likeness (QED) is 0.299. The summed E-state index contributed by atoms with van der Waals surface area (Å²) in [5.74, 6) is 0.0244. The van der Waals surface area contributed by atoms with Gasteiger partial charge in [-0.05, 0) is 24.0 Å². The number of rotatable bonds is 7. The van der Waals surface area contributed by atoms with E-state index >= 15 is 0 Å².